The molecule has 1 atom stereocenters. The molecular weight excluding hydrogens is 368 g/mol. The summed E-state index contributed by atoms with van der Waals surface area (Å²) in [5.74, 6) is 0.949. The highest BCUT2D eigenvalue weighted by atomic mass is 32.2. The number of hydrogen-bond donors (Lipinski definition) is 1. The molecule has 4 nitrogen and oxygen atoms in total. The Hall–Kier alpha value is -1.66. The van der Waals surface area contributed by atoms with E-state index in [1.165, 1.54) is 0 Å². The average molecular weight is 391 g/mol. The lowest BCUT2D eigenvalue weighted by Gasteiger charge is -2.29. The van der Waals surface area contributed by atoms with Gasteiger partial charge in [0.25, 0.3) is 0 Å². The summed E-state index contributed by atoms with van der Waals surface area (Å²) in [5.41, 5.74) is 2.81. The lowest BCUT2D eigenvalue weighted by molar-refractivity contribution is -0.143. The lowest BCUT2D eigenvalue weighted by atomic mass is 9.89. The number of carbonyl (C=O) groups excluding carboxylic acids is 2. The summed E-state index contributed by atoms with van der Waals surface area (Å²) in [5, 5.41) is 0. The standard InChI is InChI=1S/C20H22O4S2/c1-12-13(2)20-15(19(22)14-5-3-4-6-17(14)26-20)11-16(12)23-8-9-24-18(21)7-10-25/h3-4,6,11,14,25H,5,7-10H2,1-2H3. The number of ketones is 1. The van der Waals surface area contributed by atoms with E-state index in [2.05, 4.69) is 12.6 Å². The van der Waals surface area contributed by atoms with Gasteiger partial charge < -0.3 is 9.47 Å². The zero-order valence-electron chi connectivity index (χ0n) is 14.9. The van der Waals surface area contributed by atoms with Crippen LogP contribution < -0.4 is 4.74 Å². The minimum absolute atomic E-state index is 0.0744. The minimum Gasteiger partial charge on any atom is -0.490 e. The molecule has 0 saturated heterocycles. The van der Waals surface area contributed by atoms with Crippen LogP contribution in [0, 0.1) is 19.8 Å². The monoisotopic (exact) mass is 390 g/mol. The predicted molar refractivity (Wildman–Crippen MR) is 106 cm³/mol. The second-order valence-electron chi connectivity index (χ2n) is 6.30. The summed E-state index contributed by atoms with van der Waals surface area (Å²) in [4.78, 5) is 26.4. The van der Waals surface area contributed by atoms with Gasteiger partial charge in [-0.2, -0.15) is 12.6 Å². The van der Waals surface area contributed by atoms with Gasteiger partial charge in [-0.05, 0) is 37.5 Å². The molecule has 1 aliphatic heterocycles. The Balaban J connectivity index is 1.76. The van der Waals surface area contributed by atoms with E-state index in [0.717, 1.165) is 32.9 Å². The number of benzene rings is 1. The van der Waals surface area contributed by atoms with E-state index in [-0.39, 0.29) is 37.3 Å². The van der Waals surface area contributed by atoms with Crippen LogP contribution in [0.15, 0.2) is 34.1 Å². The van der Waals surface area contributed by atoms with E-state index >= 15 is 0 Å². The topological polar surface area (TPSA) is 52.6 Å². The van der Waals surface area contributed by atoms with Gasteiger partial charge in [-0.1, -0.05) is 30.0 Å². The first-order valence-electron chi connectivity index (χ1n) is 8.65. The number of allylic oxidation sites excluding steroid dienone is 4. The van der Waals surface area contributed by atoms with E-state index in [0.29, 0.717) is 11.5 Å². The Morgan fingerprint density at radius 2 is 2.12 bits per heavy atom. The van der Waals surface area contributed by atoms with Crippen molar-refractivity contribution in [3.05, 3.63) is 45.9 Å². The van der Waals surface area contributed by atoms with Crippen LogP contribution in [-0.4, -0.2) is 30.7 Å². The normalized spacial score (nSPS) is 18.0. The average Bonchev–Trinajstić information content (AvgIpc) is 2.64. The highest BCUT2D eigenvalue weighted by molar-refractivity contribution is 8.03. The molecule has 0 spiro atoms. The number of ether oxygens (including phenoxy) is 2. The van der Waals surface area contributed by atoms with Crippen molar-refractivity contribution in [2.75, 3.05) is 19.0 Å². The lowest BCUT2D eigenvalue weighted by Crippen LogP contribution is -2.22. The van der Waals surface area contributed by atoms with Gasteiger partial charge in [0.2, 0.25) is 0 Å². The fourth-order valence-corrected chi connectivity index (χ4v) is 4.54. The van der Waals surface area contributed by atoms with Crippen LogP contribution in [0.5, 0.6) is 5.75 Å². The smallest absolute Gasteiger partial charge is 0.306 e. The predicted octanol–water partition coefficient (Wildman–Crippen LogP) is 4.29. The fraction of sp³-hybridized carbons (Fsp3) is 0.400. The molecule has 1 aliphatic carbocycles. The summed E-state index contributed by atoms with van der Waals surface area (Å²) in [7, 11) is 0. The highest BCUT2D eigenvalue weighted by Crippen LogP contribution is 2.47. The number of fused-ring (bicyclic) bond motifs is 2. The zero-order valence-corrected chi connectivity index (χ0v) is 16.6. The van der Waals surface area contributed by atoms with Gasteiger partial charge in [0.05, 0.1) is 12.3 Å². The summed E-state index contributed by atoms with van der Waals surface area (Å²) in [6.45, 7) is 4.46. The molecule has 1 heterocycles. The van der Waals surface area contributed by atoms with Crippen molar-refractivity contribution < 1.29 is 19.1 Å². The van der Waals surface area contributed by atoms with Crippen molar-refractivity contribution in [1.82, 2.24) is 0 Å². The van der Waals surface area contributed by atoms with Crippen molar-refractivity contribution >= 4 is 36.1 Å². The van der Waals surface area contributed by atoms with Crippen LogP contribution in [-0.2, 0) is 9.53 Å². The largest absolute Gasteiger partial charge is 0.490 e. The van der Waals surface area contributed by atoms with E-state index < -0.39 is 0 Å². The quantitative estimate of drug-likeness (QED) is 0.446. The molecule has 1 aromatic rings. The molecule has 0 saturated carbocycles. The zero-order chi connectivity index (χ0) is 18.7. The molecule has 0 bridgehead atoms. The van der Waals surface area contributed by atoms with Gasteiger partial charge in [-0.25, -0.2) is 0 Å². The Bertz CT molecular complexity index is 795. The van der Waals surface area contributed by atoms with Gasteiger partial charge in [-0.15, -0.1) is 0 Å². The number of carbonyl (C=O) groups is 2. The van der Waals surface area contributed by atoms with E-state index in [1.807, 2.05) is 38.1 Å². The van der Waals surface area contributed by atoms with Crippen LogP contribution in [0.1, 0.15) is 34.3 Å². The highest BCUT2D eigenvalue weighted by Gasteiger charge is 2.34. The Kier molecular flexibility index (Phi) is 6.14. The summed E-state index contributed by atoms with van der Waals surface area (Å²) >= 11 is 5.69. The van der Waals surface area contributed by atoms with Crippen LogP contribution in [0.3, 0.4) is 0 Å². The number of Topliss-reactive ketones (excluding diaryl/α,β-unsaturated/α-hetero) is 1. The second-order valence-corrected chi connectivity index (χ2v) is 7.83. The molecular formula is C20H22O4S2. The van der Waals surface area contributed by atoms with E-state index in [9.17, 15) is 9.59 Å². The maximum absolute atomic E-state index is 12.9. The van der Waals surface area contributed by atoms with Crippen molar-refractivity contribution in [2.45, 2.75) is 31.6 Å². The molecule has 26 heavy (non-hydrogen) atoms. The molecule has 0 amide bonds. The van der Waals surface area contributed by atoms with Crippen molar-refractivity contribution in [2.24, 2.45) is 5.92 Å². The number of hydrogen-bond acceptors (Lipinski definition) is 6. The van der Waals surface area contributed by atoms with Crippen LogP contribution in [0.2, 0.25) is 0 Å². The summed E-state index contributed by atoms with van der Waals surface area (Å²) in [6, 6.07) is 1.84. The molecule has 138 valence electrons. The minimum atomic E-state index is -0.279. The Morgan fingerprint density at radius 1 is 1.31 bits per heavy atom. The molecule has 2 aliphatic rings. The van der Waals surface area contributed by atoms with Crippen LogP contribution in [0.4, 0.5) is 0 Å². The van der Waals surface area contributed by atoms with Gasteiger partial charge in [0, 0.05) is 21.1 Å². The third kappa shape index (κ3) is 3.86. The molecule has 0 fully saturated rings. The molecule has 0 aromatic heterocycles. The fourth-order valence-electron chi connectivity index (χ4n) is 3.05. The Morgan fingerprint density at radius 3 is 2.88 bits per heavy atom. The van der Waals surface area contributed by atoms with Crippen molar-refractivity contribution in [3.63, 3.8) is 0 Å². The van der Waals surface area contributed by atoms with Crippen LogP contribution >= 0.6 is 24.4 Å². The molecule has 0 radical (unpaired) electrons. The maximum Gasteiger partial charge on any atom is 0.306 e. The first-order chi connectivity index (χ1) is 12.5. The molecule has 1 unspecified atom stereocenters. The maximum atomic E-state index is 12.9. The van der Waals surface area contributed by atoms with Gasteiger partial charge >= 0.3 is 5.97 Å². The van der Waals surface area contributed by atoms with Gasteiger partial charge in [0.1, 0.15) is 19.0 Å². The molecule has 1 aromatic carbocycles. The summed E-state index contributed by atoms with van der Waals surface area (Å²) in [6.07, 6.45) is 7.14. The third-order valence-electron chi connectivity index (χ3n) is 4.63. The number of thiol groups is 1. The number of thioether (sulfide) groups is 1. The molecule has 0 N–H and O–H groups in total. The van der Waals surface area contributed by atoms with Crippen molar-refractivity contribution in [1.29, 1.82) is 0 Å². The SMILES string of the molecule is Cc1c(OCCOC(=O)CCS)cc2c(c1C)SC1=CC=CCC1C2=O. The summed E-state index contributed by atoms with van der Waals surface area (Å²) < 4.78 is 10.9. The first kappa shape index (κ1) is 19.1. The van der Waals surface area contributed by atoms with Crippen molar-refractivity contribution in [3.8, 4) is 5.75 Å². The van der Waals surface area contributed by atoms with Gasteiger partial charge in [-0.3, -0.25) is 9.59 Å². The van der Waals surface area contributed by atoms with Gasteiger partial charge in [0.15, 0.2) is 5.78 Å². The number of esters is 1. The first-order valence-corrected chi connectivity index (χ1v) is 10.1. The second kappa shape index (κ2) is 8.35. The molecule has 6 heteroatoms. The van der Waals surface area contributed by atoms with E-state index in [4.69, 9.17) is 9.47 Å². The molecule has 3 rings (SSSR count). The third-order valence-corrected chi connectivity index (χ3v) is 6.24. The van der Waals surface area contributed by atoms with E-state index in [1.54, 1.807) is 11.8 Å². The Labute approximate surface area is 163 Å². The van der Waals surface area contributed by atoms with Crippen LogP contribution in [0.25, 0.3) is 0 Å². The number of rotatable bonds is 6.